The van der Waals surface area contributed by atoms with Crippen LogP contribution in [0.1, 0.15) is 25.3 Å². The number of rotatable bonds is 8. The van der Waals surface area contributed by atoms with Crippen LogP contribution in [0.2, 0.25) is 5.02 Å². The van der Waals surface area contributed by atoms with Crippen LogP contribution in [0.5, 0.6) is 5.75 Å². The van der Waals surface area contributed by atoms with Gasteiger partial charge in [-0.1, -0.05) is 85.6 Å². The highest BCUT2D eigenvalue weighted by atomic mass is 35.5. The molecule has 0 fully saturated rings. The molecule has 1 amide bonds. The zero-order valence-corrected chi connectivity index (χ0v) is 20.3. The van der Waals surface area contributed by atoms with Gasteiger partial charge in [0.2, 0.25) is 0 Å². The molecule has 36 heavy (non-hydrogen) atoms. The molecule has 184 valence electrons. The number of alkyl carbamates (subject to hydrolysis) is 1. The maximum absolute atomic E-state index is 12.9. The molecule has 1 aromatic heterocycles. The number of carbonyl (C=O) groups is 2. The molecule has 7 nitrogen and oxygen atoms in total. The molecular weight excluding hydrogens is 482 g/mol. The normalized spacial score (nSPS) is 11.6. The predicted octanol–water partition coefficient (Wildman–Crippen LogP) is 6.11. The van der Waals surface area contributed by atoms with Crippen LogP contribution in [0, 0.1) is 0 Å². The van der Waals surface area contributed by atoms with Crippen LogP contribution in [-0.2, 0) is 16.1 Å². The molecule has 0 aliphatic rings. The van der Waals surface area contributed by atoms with Crippen LogP contribution in [0.15, 0.2) is 88.1 Å². The number of halogens is 1. The molecule has 0 aliphatic carbocycles. The highest BCUT2D eigenvalue weighted by Crippen LogP contribution is 2.35. The molecule has 1 N–H and O–H groups in total. The maximum Gasteiger partial charge on any atom is 0.408 e. The van der Waals surface area contributed by atoms with Gasteiger partial charge in [0.05, 0.1) is 5.02 Å². The van der Waals surface area contributed by atoms with Crippen molar-refractivity contribution < 1.29 is 23.5 Å². The summed E-state index contributed by atoms with van der Waals surface area (Å²) < 4.78 is 16.1. The Hall–Kier alpha value is -4.10. The van der Waals surface area contributed by atoms with E-state index in [1.807, 2.05) is 67.6 Å². The summed E-state index contributed by atoms with van der Waals surface area (Å²) in [6, 6.07) is 22.0. The van der Waals surface area contributed by atoms with Gasteiger partial charge < -0.3 is 19.2 Å². The first-order chi connectivity index (χ1) is 17.4. The zero-order valence-electron chi connectivity index (χ0n) is 19.5. The Morgan fingerprint density at radius 2 is 1.69 bits per heavy atom. The van der Waals surface area contributed by atoms with Gasteiger partial charge >= 0.3 is 17.7 Å². The SMILES string of the molecule is CCC[C@@H](NC(=O)OCc1ccccc1)C(=O)Oc1cc2oc(=O)cc(-c3ccccc3)c2cc1Cl. The summed E-state index contributed by atoms with van der Waals surface area (Å²) in [5.74, 6) is -0.695. The minimum absolute atomic E-state index is 0.0167. The summed E-state index contributed by atoms with van der Waals surface area (Å²) in [6.07, 6.45) is 0.203. The second-order valence-electron chi connectivity index (χ2n) is 8.09. The third-order valence-electron chi connectivity index (χ3n) is 5.46. The van der Waals surface area contributed by atoms with Gasteiger partial charge in [0.1, 0.15) is 18.2 Å². The summed E-state index contributed by atoms with van der Waals surface area (Å²) >= 11 is 6.44. The van der Waals surface area contributed by atoms with E-state index in [9.17, 15) is 14.4 Å². The summed E-state index contributed by atoms with van der Waals surface area (Å²) in [7, 11) is 0. The molecule has 0 radical (unpaired) electrons. The lowest BCUT2D eigenvalue weighted by Gasteiger charge is -2.17. The van der Waals surface area contributed by atoms with Crippen molar-refractivity contribution in [1.29, 1.82) is 0 Å². The van der Waals surface area contributed by atoms with E-state index in [1.165, 1.54) is 12.1 Å². The van der Waals surface area contributed by atoms with Crippen molar-refractivity contribution in [2.75, 3.05) is 0 Å². The minimum Gasteiger partial charge on any atom is -0.445 e. The van der Waals surface area contributed by atoms with Crippen LogP contribution >= 0.6 is 11.6 Å². The van der Waals surface area contributed by atoms with E-state index in [4.69, 9.17) is 25.5 Å². The van der Waals surface area contributed by atoms with E-state index < -0.39 is 23.7 Å². The highest BCUT2D eigenvalue weighted by molar-refractivity contribution is 6.33. The monoisotopic (exact) mass is 505 g/mol. The summed E-state index contributed by atoms with van der Waals surface area (Å²) in [5.41, 5.74) is 1.95. The Labute approximate surface area is 212 Å². The Morgan fingerprint density at radius 3 is 2.39 bits per heavy atom. The quantitative estimate of drug-likeness (QED) is 0.176. The van der Waals surface area contributed by atoms with E-state index in [0.29, 0.717) is 23.8 Å². The number of fused-ring (bicyclic) bond motifs is 1. The molecule has 0 saturated carbocycles. The van der Waals surface area contributed by atoms with Gasteiger partial charge in [0.15, 0.2) is 5.75 Å². The van der Waals surface area contributed by atoms with Crippen LogP contribution in [0.4, 0.5) is 4.79 Å². The lowest BCUT2D eigenvalue weighted by atomic mass is 10.0. The fourth-order valence-electron chi connectivity index (χ4n) is 3.72. The molecule has 4 rings (SSSR count). The van der Waals surface area contributed by atoms with Crippen LogP contribution in [-0.4, -0.2) is 18.1 Å². The van der Waals surface area contributed by atoms with Gasteiger partial charge in [-0.2, -0.15) is 0 Å². The van der Waals surface area contributed by atoms with Gasteiger partial charge in [-0.3, -0.25) is 0 Å². The number of nitrogens with one attached hydrogen (secondary N) is 1. The van der Waals surface area contributed by atoms with Crippen molar-refractivity contribution in [1.82, 2.24) is 5.32 Å². The van der Waals surface area contributed by atoms with Crippen molar-refractivity contribution in [3.8, 4) is 16.9 Å². The Morgan fingerprint density at radius 1 is 1.00 bits per heavy atom. The third-order valence-corrected chi connectivity index (χ3v) is 5.75. The maximum atomic E-state index is 12.9. The standard InChI is InChI=1S/C28H24ClNO6/c1-2-9-23(30-28(33)34-17-18-10-5-3-6-11-18)27(32)36-25-16-24-21(14-22(25)29)20(15-26(31)35-24)19-12-7-4-8-13-19/h3-8,10-16,23H,2,9,17H2,1H3,(H,30,33)/t23-/m1/s1. The Kier molecular flexibility index (Phi) is 8.02. The van der Waals surface area contributed by atoms with Crippen molar-refractivity contribution >= 4 is 34.6 Å². The molecule has 0 saturated heterocycles. The Balaban J connectivity index is 1.52. The zero-order chi connectivity index (χ0) is 25.5. The number of carbonyl (C=O) groups excluding carboxylic acids is 2. The average molecular weight is 506 g/mol. The second-order valence-corrected chi connectivity index (χ2v) is 8.50. The molecule has 8 heteroatoms. The molecule has 1 atom stereocenters. The Bertz CT molecular complexity index is 1420. The summed E-state index contributed by atoms with van der Waals surface area (Å²) in [6.45, 7) is 1.94. The third kappa shape index (κ3) is 6.12. The molecule has 4 aromatic rings. The smallest absolute Gasteiger partial charge is 0.408 e. The first-order valence-corrected chi connectivity index (χ1v) is 11.8. The predicted molar refractivity (Wildman–Crippen MR) is 137 cm³/mol. The van der Waals surface area contributed by atoms with Gasteiger partial charge in [0, 0.05) is 17.5 Å². The second kappa shape index (κ2) is 11.6. The van der Waals surface area contributed by atoms with Crippen LogP contribution < -0.4 is 15.7 Å². The van der Waals surface area contributed by atoms with E-state index in [0.717, 1.165) is 11.1 Å². The molecule has 0 aliphatic heterocycles. The first kappa shape index (κ1) is 25.0. The number of benzene rings is 3. The van der Waals surface area contributed by atoms with E-state index >= 15 is 0 Å². The van der Waals surface area contributed by atoms with Crippen LogP contribution in [0.25, 0.3) is 22.1 Å². The number of hydrogen-bond donors (Lipinski definition) is 1. The van der Waals surface area contributed by atoms with Gasteiger partial charge in [-0.25, -0.2) is 14.4 Å². The van der Waals surface area contributed by atoms with E-state index in [2.05, 4.69) is 5.32 Å². The van der Waals surface area contributed by atoms with Crippen molar-refractivity contribution in [3.05, 3.63) is 99.9 Å². The molecule has 0 bridgehead atoms. The molecule has 0 unspecified atom stereocenters. The first-order valence-electron chi connectivity index (χ1n) is 11.5. The number of esters is 1. The summed E-state index contributed by atoms with van der Waals surface area (Å²) in [5, 5.41) is 3.30. The van der Waals surface area contributed by atoms with Crippen molar-refractivity contribution in [2.45, 2.75) is 32.4 Å². The fourth-order valence-corrected chi connectivity index (χ4v) is 3.92. The van der Waals surface area contributed by atoms with Crippen molar-refractivity contribution in [2.24, 2.45) is 0 Å². The van der Waals surface area contributed by atoms with Gasteiger partial charge in [-0.05, 0) is 29.2 Å². The minimum atomic E-state index is -0.951. The van der Waals surface area contributed by atoms with E-state index in [-0.39, 0.29) is 23.0 Å². The van der Waals surface area contributed by atoms with Gasteiger partial charge in [-0.15, -0.1) is 0 Å². The highest BCUT2D eigenvalue weighted by Gasteiger charge is 2.24. The molecule has 3 aromatic carbocycles. The number of ether oxygens (including phenoxy) is 2. The molecular formula is C28H24ClNO6. The largest absolute Gasteiger partial charge is 0.445 e. The molecule has 0 spiro atoms. The summed E-state index contributed by atoms with van der Waals surface area (Å²) in [4.78, 5) is 37.4. The van der Waals surface area contributed by atoms with E-state index in [1.54, 1.807) is 6.07 Å². The average Bonchev–Trinajstić information content (AvgIpc) is 2.88. The topological polar surface area (TPSA) is 94.8 Å². The lowest BCUT2D eigenvalue weighted by molar-refractivity contribution is -0.136. The van der Waals surface area contributed by atoms with Crippen molar-refractivity contribution in [3.63, 3.8) is 0 Å². The molecule has 1 heterocycles. The number of hydrogen-bond acceptors (Lipinski definition) is 6. The van der Waals surface area contributed by atoms with Crippen LogP contribution in [0.3, 0.4) is 0 Å². The fraction of sp³-hybridized carbons (Fsp3) is 0.179. The number of amides is 1. The van der Waals surface area contributed by atoms with Gasteiger partial charge in [0.25, 0.3) is 0 Å². The lowest BCUT2D eigenvalue weighted by Crippen LogP contribution is -2.43.